The number of hydrogen-bond acceptors (Lipinski definition) is 5. The topological polar surface area (TPSA) is 69.6 Å². The first kappa shape index (κ1) is 20.3. The van der Waals surface area contributed by atoms with Crippen LogP contribution in [0, 0.1) is 5.92 Å². The molecule has 2 aliphatic rings. The van der Waals surface area contributed by atoms with Crippen LogP contribution in [0.2, 0.25) is 0 Å². The van der Waals surface area contributed by atoms with Gasteiger partial charge in [0.05, 0.1) is 11.6 Å². The van der Waals surface area contributed by atoms with Gasteiger partial charge in [-0.2, -0.15) is 0 Å². The molecule has 1 aromatic carbocycles. The van der Waals surface area contributed by atoms with E-state index in [1.54, 1.807) is 0 Å². The van der Waals surface area contributed by atoms with E-state index in [2.05, 4.69) is 15.1 Å². The predicted molar refractivity (Wildman–Crippen MR) is 116 cm³/mol. The number of carbonyl (C=O) groups excluding carboxylic acids is 2. The van der Waals surface area contributed by atoms with Crippen molar-refractivity contribution in [2.75, 3.05) is 37.6 Å². The summed E-state index contributed by atoms with van der Waals surface area (Å²) >= 11 is 0. The van der Waals surface area contributed by atoms with Crippen LogP contribution in [-0.2, 0) is 9.59 Å². The molecule has 1 unspecified atom stereocenters. The summed E-state index contributed by atoms with van der Waals surface area (Å²) in [6.45, 7) is 9.28. The Morgan fingerprint density at radius 1 is 0.967 bits per heavy atom. The van der Waals surface area contributed by atoms with Gasteiger partial charge < -0.3 is 14.7 Å². The fourth-order valence-electron chi connectivity index (χ4n) is 4.19. The molecule has 0 N–H and O–H groups in total. The molecule has 2 amide bonds. The molecule has 0 radical (unpaired) electrons. The molecular formula is C23H29N5O2. The van der Waals surface area contributed by atoms with E-state index >= 15 is 0 Å². The van der Waals surface area contributed by atoms with Crippen LogP contribution >= 0.6 is 0 Å². The second-order valence-corrected chi connectivity index (χ2v) is 9.03. The van der Waals surface area contributed by atoms with Crippen LogP contribution in [0.1, 0.15) is 27.2 Å². The molecule has 30 heavy (non-hydrogen) atoms. The highest BCUT2D eigenvalue weighted by Gasteiger charge is 2.41. The Balaban J connectivity index is 1.34. The molecular weight excluding hydrogens is 378 g/mol. The Kier molecular flexibility index (Phi) is 5.45. The van der Waals surface area contributed by atoms with Crippen LogP contribution in [0.3, 0.4) is 0 Å². The summed E-state index contributed by atoms with van der Waals surface area (Å²) in [5.74, 6) is 0.776. The van der Waals surface area contributed by atoms with E-state index < -0.39 is 0 Å². The van der Waals surface area contributed by atoms with Crippen LogP contribution < -0.4 is 4.90 Å². The van der Waals surface area contributed by atoms with Crippen molar-refractivity contribution >= 4 is 17.6 Å². The highest BCUT2D eigenvalue weighted by atomic mass is 16.2. The third-order valence-corrected chi connectivity index (χ3v) is 5.92. The van der Waals surface area contributed by atoms with Gasteiger partial charge in [-0.05, 0) is 32.9 Å². The van der Waals surface area contributed by atoms with Gasteiger partial charge in [-0.25, -0.2) is 0 Å². The van der Waals surface area contributed by atoms with Gasteiger partial charge in [-0.1, -0.05) is 30.3 Å². The van der Waals surface area contributed by atoms with Crippen molar-refractivity contribution in [3.63, 3.8) is 0 Å². The van der Waals surface area contributed by atoms with Crippen LogP contribution in [0.4, 0.5) is 5.82 Å². The number of piperazine rings is 1. The van der Waals surface area contributed by atoms with E-state index in [1.165, 1.54) is 0 Å². The zero-order valence-electron chi connectivity index (χ0n) is 17.9. The maximum Gasteiger partial charge on any atom is 0.228 e. The van der Waals surface area contributed by atoms with E-state index in [1.807, 2.05) is 73.0 Å². The number of hydrogen-bond donors (Lipinski definition) is 0. The minimum atomic E-state index is -0.241. The molecule has 7 nitrogen and oxygen atoms in total. The van der Waals surface area contributed by atoms with Gasteiger partial charge in [0.25, 0.3) is 0 Å². The fourth-order valence-corrected chi connectivity index (χ4v) is 4.19. The number of carbonyl (C=O) groups is 2. The minimum Gasteiger partial charge on any atom is -0.352 e. The van der Waals surface area contributed by atoms with Gasteiger partial charge in [0.1, 0.15) is 0 Å². The first-order chi connectivity index (χ1) is 14.3. The smallest absolute Gasteiger partial charge is 0.228 e. The SMILES string of the molecule is CC(C)(C)N1CC(C(=O)N2CCN(c3ccc(-c4ccccc4)nn3)CC2)CC1=O. The van der Waals surface area contributed by atoms with Crippen LogP contribution in [0.15, 0.2) is 42.5 Å². The first-order valence-corrected chi connectivity index (χ1v) is 10.6. The summed E-state index contributed by atoms with van der Waals surface area (Å²) in [4.78, 5) is 31.2. The number of rotatable bonds is 3. The molecule has 1 atom stereocenters. The van der Waals surface area contributed by atoms with E-state index in [0.717, 1.165) is 30.2 Å². The maximum atomic E-state index is 13.0. The highest BCUT2D eigenvalue weighted by molar-refractivity contribution is 5.89. The Morgan fingerprint density at radius 3 is 2.23 bits per heavy atom. The molecule has 2 aliphatic heterocycles. The average Bonchev–Trinajstić information content (AvgIpc) is 3.16. The maximum absolute atomic E-state index is 13.0. The van der Waals surface area contributed by atoms with Gasteiger partial charge in [0.2, 0.25) is 11.8 Å². The lowest BCUT2D eigenvalue weighted by Gasteiger charge is -2.36. The lowest BCUT2D eigenvalue weighted by atomic mass is 10.1. The Bertz CT molecular complexity index is 899. The highest BCUT2D eigenvalue weighted by Crippen LogP contribution is 2.27. The third kappa shape index (κ3) is 4.15. The molecule has 0 bridgehead atoms. The summed E-state index contributed by atoms with van der Waals surface area (Å²) in [5, 5.41) is 8.76. The Labute approximate surface area is 177 Å². The molecule has 4 rings (SSSR count). The number of benzene rings is 1. The van der Waals surface area contributed by atoms with Crippen LogP contribution in [-0.4, -0.2) is 70.1 Å². The van der Waals surface area contributed by atoms with Crippen molar-refractivity contribution in [2.45, 2.75) is 32.7 Å². The second-order valence-electron chi connectivity index (χ2n) is 9.03. The molecule has 1 aromatic heterocycles. The average molecular weight is 408 g/mol. The molecule has 3 heterocycles. The van der Waals surface area contributed by atoms with Crippen LogP contribution in [0.5, 0.6) is 0 Å². The van der Waals surface area contributed by atoms with Crippen molar-refractivity contribution in [1.82, 2.24) is 20.0 Å². The largest absolute Gasteiger partial charge is 0.352 e. The number of nitrogens with zero attached hydrogens (tertiary/aromatic N) is 5. The number of anilines is 1. The minimum absolute atomic E-state index is 0.0771. The lowest BCUT2D eigenvalue weighted by Crippen LogP contribution is -2.51. The molecule has 2 saturated heterocycles. The van der Waals surface area contributed by atoms with E-state index in [9.17, 15) is 9.59 Å². The molecule has 158 valence electrons. The zero-order valence-corrected chi connectivity index (χ0v) is 17.9. The summed E-state index contributed by atoms with van der Waals surface area (Å²) in [6, 6.07) is 14.0. The first-order valence-electron chi connectivity index (χ1n) is 10.6. The van der Waals surface area contributed by atoms with E-state index in [0.29, 0.717) is 26.1 Å². The fraction of sp³-hybridized carbons (Fsp3) is 0.478. The van der Waals surface area contributed by atoms with Gasteiger partial charge in [-0.15, -0.1) is 10.2 Å². The number of likely N-dealkylation sites (tertiary alicyclic amines) is 1. The monoisotopic (exact) mass is 407 g/mol. The molecule has 0 aliphatic carbocycles. The molecule has 2 aromatic rings. The van der Waals surface area contributed by atoms with Gasteiger partial charge in [-0.3, -0.25) is 9.59 Å². The molecule has 7 heteroatoms. The van der Waals surface area contributed by atoms with E-state index in [-0.39, 0.29) is 23.3 Å². The molecule has 0 spiro atoms. The standard InChI is InChI=1S/C23H29N5O2/c1-23(2,3)28-16-18(15-21(28)29)22(30)27-13-11-26(12-14-27)20-10-9-19(24-25-20)17-7-5-4-6-8-17/h4-10,18H,11-16H2,1-3H3. The van der Waals surface area contributed by atoms with Crippen molar-refractivity contribution in [3.05, 3.63) is 42.5 Å². The van der Waals surface area contributed by atoms with Crippen LogP contribution in [0.25, 0.3) is 11.3 Å². The normalized spacial score (nSPS) is 20.0. The van der Waals surface area contributed by atoms with Gasteiger partial charge >= 0.3 is 0 Å². The summed E-state index contributed by atoms with van der Waals surface area (Å²) < 4.78 is 0. The molecule has 2 fully saturated rings. The van der Waals surface area contributed by atoms with Gasteiger partial charge in [0, 0.05) is 50.2 Å². The predicted octanol–water partition coefficient (Wildman–Crippen LogP) is 2.44. The quantitative estimate of drug-likeness (QED) is 0.782. The number of aromatic nitrogens is 2. The van der Waals surface area contributed by atoms with Crippen molar-refractivity contribution in [2.24, 2.45) is 5.92 Å². The zero-order chi connectivity index (χ0) is 21.3. The summed E-state index contributed by atoms with van der Waals surface area (Å²) in [7, 11) is 0. The summed E-state index contributed by atoms with van der Waals surface area (Å²) in [6.07, 6.45) is 0.322. The van der Waals surface area contributed by atoms with E-state index in [4.69, 9.17) is 0 Å². The Morgan fingerprint density at radius 2 is 1.67 bits per heavy atom. The third-order valence-electron chi connectivity index (χ3n) is 5.92. The van der Waals surface area contributed by atoms with Crippen molar-refractivity contribution in [3.8, 4) is 11.3 Å². The summed E-state index contributed by atoms with van der Waals surface area (Å²) in [5.41, 5.74) is 1.65. The number of amides is 2. The Hall–Kier alpha value is -2.96. The second kappa shape index (κ2) is 8.05. The van der Waals surface area contributed by atoms with Gasteiger partial charge in [0.15, 0.2) is 5.82 Å². The molecule has 0 saturated carbocycles. The lowest BCUT2D eigenvalue weighted by molar-refractivity contribution is -0.136. The van der Waals surface area contributed by atoms with Crippen molar-refractivity contribution < 1.29 is 9.59 Å². The van der Waals surface area contributed by atoms with Crippen molar-refractivity contribution in [1.29, 1.82) is 0 Å².